The first-order valence-electron chi connectivity index (χ1n) is 8.64. The molecule has 8 heteroatoms. The lowest BCUT2D eigenvalue weighted by molar-refractivity contribution is -0.136. The molecule has 28 heavy (non-hydrogen) atoms. The van der Waals surface area contributed by atoms with Gasteiger partial charge in [0.05, 0.1) is 10.5 Å². The number of primary sulfonamides is 1. The number of hydrogen-bond acceptors (Lipinski definition) is 6. The van der Waals surface area contributed by atoms with Gasteiger partial charge in [0.1, 0.15) is 5.69 Å². The second kappa shape index (κ2) is 7.95. The Morgan fingerprint density at radius 3 is 2.29 bits per heavy atom. The molecule has 0 aliphatic carbocycles. The molecule has 1 heterocycles. The molecule has 146 valence electrons. The van der Waals surface area contributed by atoms with Gasteiger partial charge in [-0.25, -0.2) is 13.6 Å². The fraction of sp³-hybridized carbons (Fsp3) is 0.200. The third-order valence-electron chi connectivity index (χ3n) is 3.96. The van der Waals surface area contributed by atoms with Gasteiger partial charge in [-0.3, -0.25) is 4.79 Å². The molecule has 0 saturated carbocycles. The quantitative estimate of drug-likeness (QED) is 0.633. The molecule has 0 atom stereocenters. The number of rotatable bonds is 6. The van der Waals surface area contributed by atoms with Gasteiger partial charge >= 0.3 is 11.9 Å². The van der Waals surface area contributed by atoms with E-state index in [4.69, 9.17) is 14.4 Å². The third kappa shape index (κ3) is 4.47. The second-order valence-electron chi connectivity index (χ2n) is 6.70. The third-order valence-corrected chi connectivity index (χ3v) is 4.89. The Labute approximate surface area is 163 Å². The normalized spacial score (nSPS) is 11.6. The van der Waals surface area contributed by atoms with Crippen LogP contribution in [-0.4, -0.2) is 19.5 Å². The molecule has 0 aliphatic heterocycles. The topological polar surface area (TPSA) is 112 Å². The van der Waals surface area contributed by atoms with E-state index < -0.39 is 16.0 Å². The van der Waals surface area contributed by atoms with Crippen molar-refractivity contribution < 1.29 is 22.5 Å². The van der Waals surface area contributed by atoms with Crippen molar-refractivity contribution in [3.05, 3.63) is 54.6 Å². The highest BCUT2D eigenvalue weighted by molar-refractivity contribution is 7.89. The van der Waals surface area contributed by atoms with E-state index in [1.807, 2.05) is 44.2 Å². The summed E-state index contributed by atoms with van der Waals surface area (Å²) in [6.45, 7) is 3.81. The number of ether oxygens (including phenoxy) is 1. The summed E-state index contributed by atoms with van der Waals surface area (Å²) in [5.74, 6) is -0.345. The number of nitrogens with two attached hydrogens (primary N) is 1. The van der Waals surface area contributed by atoms with E-state index in [9.17, 15) is 13.2 Å². The average Bonchev–Trinajstić information content (AvgIpc) is 3.04. The molecule has 0 spiro atoms. The molecule has 0 aliphatic rings. The summed E-state index contributed by atoms with van der Waals surface area (Å²) in [7, 11) is -3.82. The number of benzene rings is 2. The summed E-state index contributed by atoms with van der Waals surface area (Å²) in [5, 5.41) is 9.23. The highest BCUT2D eigenvalue weighted by Crippen LogP contribution is 2.39. The van der Waals surface area contributed by atoms with Crippen LogP contribution in [0.4, 0.5) is 0 Å². The number of esters is 1. The van der Waals surface area contributed by atoms with Gasteiger partial charge in [0, 0.05) is 12.0 Å². The summed E-state index contributed by atoms with van der Waals surface area (Å²) in [5.41, 5.74) is 2.29. The molecule has 0 fully saturated rings. The Morgan fingerprint density at radius 1 is 1.07 bits per heavy atom. The van der Waals surface area contributed by atoms with Crippen LogP contribution in [-0.2, 0) is 14.8 Å². The van der Waals surface area contributed by atoms with Crippen LogP contribution in [0.1, 0.15) is 20.3 Å². The summed E-state index contributed by atoms with van der Waals surface area (Å²) in [6, 6.07) is 15.2. The largest absolute Gasteiger partial charge is 0.391 e. The molecule has 0 amide bonds. The molecule has 3 rings (SSSR count). The van der Waals surface area contributed by atoms with Crippen LogP contribution in [0.25, 0.3) is 22.4 Å². The zero-order valence-corrected chi connectivity index (χ0v) is 16.3. The van der Waals surface area contributed by atoms with Crippen molar-refractivity contribution in [2.24, 2.45) is 11.1 Å². The van der Waals surface area contributed by atoms with E-state index in [1.54, 1.807) is 12.1 Å². The maximum absolute atomic E-state index is 12.1. The Hall–Kier alpha value is -2.97. The fourth-order valence-electron chi connectivity index (χ4n) is 2.68. The minimum absolute atomic E-state index is 0.0210. The Balaban J connectivity index is 2.08. The van der Waals surface area contributed by atoms with Crippen molar-refractivity contribution in [3.63, 3.8) is 0 Å². The van der Waals surface area contributed by atoms with Crippen molar-refractivity contribution in [1.82, 2.24) is 5.16 Å². The van der Waals surface area contributed by atoms with E-state index in [2.05, 4.69) is 5.16 Å². The minimum Gasteiger partial charge on any atom is -0.391 e. The van der Waals surface area contributed by atoms with Crippen LogP contribution < -0.4 is 9.88 Å². The predicted octanol–water partition coefficient (Wildman–Crippen LogP) is 3.61. The van der Waals surface area contributed by atoms with Gasteiger partial charge in [-0.15, -0.1) is 0 Å². The first kappa shape index (κ1) is 19.8. The van der Waals surface area contributed by atoms with Crippen LogP contribution in [0.2, 0.25) is 0 Å². The SMILES string of the molecule is CC(C)CC(=O)Oc1onc(-c2ccccc2)c1-c1ccc(S(N)(=O)=O)cc1. The average molecular weight is 400 g/mol. The Bertz CT molecular complexity index is 1070. The molecule has 2 aromatic carbocycles. The first-order chi connectivity index (χ1) is 13.3. The van der Waals surface area contributed by atoms with Crippen LogP contribution in [0.3, 0.4) is 0 Å². The van der Waals surface area contributed by atoms with E-state index in [0.29, 0.717) is 16.8 Å². The molecule has 0 unspecified atom stereocenters. The zero-order chi connectivity index (χ0) is 20.3. The highest BCUT2D eigenvalue weighted by Gasteiger charge is 2.23. The van der Waals surface area contributed by atoms with Crippen LogP contribution in [0.5, 0.6) is 5.95 Å². The lowest BCUT2D eigenvalue weighted by Crippen LogP contribution is -2.12. The number of sulfonamides is 1. The molecule has 0 saturated heterocycles. The molecular formula is C20H20N2O5S. The van der Waals surface area contributed by atoms with Crippen LogP contribution in [0.15, 0.2) is 64.0 Å². The van der Waals surface area contributed by atoms with Gasteiger partial charge in [-0.05, 0) is 23.6 Å². The minimum atomic E-state index is -3.82. The summed E-state index contributed by atoms with van der Waals surface area (Å²) >= 11 is 0. The molecule has 0 radical (unpaired) electrons. The van der Waals surface area contributed by atoms with Crippen LogP contribution >= 0.6 is 0 Å². The highest BCUT2D eigenvalue weighted by atomic mass is 32.2. The van der Waals surface area contributed by atoms with Crippen LogP contribution in [0, 0.1) is 5.92 Å². The Kier molecular flexibility index (Phi) is 5.62. The maximum atomic E-state index is 12.1. The molecule has 7 nitrogen and oxygen atoms in total. The lowest BCUT2D eigenvalue weighted by Gasteiger charge is -2.07. The fourth-order valence-corrected chi connectivity index (χ4v) is 3.20. The molecular weight excluding hydrogens is 380 g/mol. The van der Waals surface area contributed by atoms with Crippen molar-refractivity contribution in [1.29, 1.82) is 0 Å². The number of hydrogen-bond donors (Lipinski definition) is 1. The molecule has 1 aromatic heterocycles. The smallest absolute Gasteiger partial charge is 0.327 e. The Morgan fingerprint density at radius 2 is 1.71 bits per heavy atom. The lowest BCUT2D eigenvalue weighted by atomic mass is 10.0. The number of carbonyl (C=O) groups is 1. The van der Waals surface area contributed by atoms with Crippen molar-refractivity contribution >= 4 is 16.0 Å². The van der Waals surface area contributed by atoms with Gasteiger partial charge in [-0.1, -0.05) is 61.5 Å². The van der Waals surface area contributed by atoms with E-state index in [1.165, 1.54) is 12.1 Å². The van der Waals surface area contributed by atoms with Gasteiger partial charge in [0.15, 0.2) is 0 Å². The second-order valence-corrected chi connectivity index (χ2v) is 8.26. The molecule has 0 bridgehead atoms. The number of nitrogens with zero attached hydrogens (tertiary/aromatic N) is 1. The monoisotopic (exact) mass is 400 g/mol. The number of aromatic nitrogens is 1. The van der Waals surface area contributed by atoms with Gasteiger partial charge in [0.25, 0.3) is 0 Å². The van der Waals surface area contributed by atoms with Crippen molar-refractivity contribution in [3.8, 4) is 28.3 Å². The molecule has 3 aromatic rings. The summed E-state index contributed by atoms with van der Waals surface area (Å²) in [4.78, 5) is 12.1. The number of carbonyl (C=O) groups excluding carboxylic acids is 1. The van der Waals surface area contributed by atoms with E-state index >= 15 is 0 Å². The zero-order valence-electron chi connectivity index (χ0n) is 15.5. The van der Waals surface area contributed by atoms with Crippen molar-refractivity contribution in [2.45, 2.75) is 25.2 Å². The van der Waals surface area contributed by atoms with E-state index in [-0.39, 0.29) is 23.2 Å². The van der Waals surface area contributed by atoms with Gasteiger partial charge < -0.3 is 9.26 Å². The van der Waals surface area contributed by atoms with E-state index in [0.717, 1.165) is 5.56 Å². The van der Waals surface area contributed by atoms with Gasteiger partial charge in [0.2, 0.25) is 10.0 Å². The van der Waals surface area contributed by atoms with Gasteiger partial charge in [-0.2, -0.15) is 0 Å². The summed E-state index contributed by atoms with van der Waals surface area (Å²) < 4.78 is 33.7. The maximum Gasteiger partial charge on any atom is 0.327 e. The molecule has 2 N–H and O–H groups in total. The van der Waals surface area contributed by atoms with Crippen molar-refractivity contribution in [2.75, 3.05) is 0 Å². The first-order valence-corrected chi connectivity index (χ1v) is 10.2. The summed E-state index contributed by atoms with van der Waals surface area (Å²) in [6.07, 6.45) is 0.227. The predicted molar refractivity (Wildman–Crippen MR) is 104 cm³/mol. The standard InChI is InChI=1S/C20H20N2O5S/c1-13(2)12-17(23)26-20-18(14-8-10-16(11-9-14)28(21,24)25)19(22-27-20)15-6-4-3-5-7-15/h3-11,13H,12H2,1-2H3,(H2,21,24,25).